The van der Waals surface area contributed by atoms with Crippen molar-refractivity contribution in [1.82, 2.24) is 25.0 Å². The Morgan fingerprint density at radius 2 is 2.15 bits per heavy atom. The predicted octanol–water partition coefficient (Wildman–Crippen LogP) is 3.00. The van der Waals surface area contributed by atoms with Gasteiger partial charge in [-0.1, -0.05) is 23.9 Å². The Labute approximate surface area is 155 Å². The number of benzene rings is 1. The number of rotatable bonds is 5. The molecule has 2 aromatic heterocycles. The largest absolute Gasteiger partial charge is 0.431 e. The molecule has 1 aliphatic rings. The molecule has 1 aromatic carbocycles. The van der Waals surface area contributed by atoms with E-state index in [2.05, 4.69) is 21.5 Å². The van der Waals surface area contributed by atoms with Crippen molar-refractivity contribution in [3.05, 3.63) is 41.7 Å². The second-order valence-corrected chi connectivity index (χ2v) is 7.50. The molecule has 26 heavy (non-hydrogen) atoms. The summed E-state index contributed by atoms with van der Waals surface area (Å²) in [7, 11) is 0. The topological polar surface area (TPSA) is 76.2 Å². The molecule has 1 fully saturated rings. The first-order valence-corrected chi connectivity index (χ1v) is 9.62. The molecule has 4 rings (SSSR count). The zero-order valence-electron chi connectivity index (χ0n) is 14.8. The van der Waals surface area contributed by atoms with Crippen LogP contribution in [-0.2, 0) is 0 Å². The minimum Gasteiger partial charge on any atom is -0.431 e. The van der Waals surface area contributed by atoms with Crippen LogP contribution in [-0.4, -0.2) is 51.1 Å². The summed E-state index contributed by atoms with van der Waals surface area (Å²) in [6, 6.07) is 10.0. The molecule has 136 valence electrons. The van der Waals surface area contributed by atoms with Gasteiger partial charge in [-0.25, -0.2) is 9.78 Å². The number of nitrogens with zero attached hydrogens (tertiary/aromatic N) is 4. The molecule has 3 aromatic rings. The molecule has 1 saturated heterocycles. The molecule has 0 radical (unpaired) electrons. The average Bonchev–Trinajstić information content (AvgIpc) is 3.13. The molecule has 0 bridgehead atoms. The van der Waals surface area contributed by atoms with E-state index in [0.29, 0.717) is 30.6 Å². The number of fused-ring (bicyclic) bond motifs is 1. The normalized spacial score (nSPS) is 14.6. The number of nitrogens with one attached hydrogen (secondary N) is 1. The third-order valence-corrected chi connectivity index (χ3v) is 5.25. The first-order valence-electron chi connectivity index (χ1n) is 8.64. The van der Waals surface area contributed by atoms with Gasteiger partial charge < -0.3 is 14.6 Å². The standard InChI is InChI=1S/C18H21N5O2S/c1-12-9-13(2)23(21-12)14-10-22(11-14)17(24)19-7-8-26-18-20-15-5-3-4-6-16(15)25-18/h3-6,9,14H,7-8,10-11H2,1-2H3,(H,19,24). The molecule has 8 heteroatoms. The minimum atomic E-state index is -0.0269. The highest BCUT2D eigenvalue weighted by Crippen LogP contribution is 2.24. The van der Waals surface area contributed by atoms with E-state index >= 15 is 0 Å². The van der Waals surface area contributed by atoms with Crippen LogP contribution >= 0.6 is 11.8 Å². The zero-order chi connectivity index (χ0) is 18.1. The van der Waals surface area contributed by atoms with Crippen molar-refractivity contribution in [3.8, 4) is 0 Å². The molecule has 7 nitrogen and oxygen atoms in total. The van der Waals surface area contributed by atoms with Crippen LogP contribution < -0.4 is 5.32 Å². The lowest BCUT2D eigenvalue weighted by Crippen LogP contribution is -2.54. The number of hydrogen-bond donors (Lipinski definition) is 1. The number of oxazole rings is 1. The first-order chi connectivity index (χ1) is 12.6. The molecule has 0 aliphatic carbocycles. The maximum atomic E-state index is 12.2. The molecular weight excluding hydrogens is 350 g/mol. The van der Waals surface area contributed by atoms with Crippen LogP contribution in [0.4, 0.5) is 4.79 Å². The Bertz CT molecular complexity index is 896. The van der Waals surface area contributed by atoms with Gasteiger partial charge >= 0.3 is 6.03 Å². The van der Waals surface area contributed by atoms with Gasteiger partial charge in [-0.3, -0.25) is 4.68 Å². The number of urea groups is 1. The van der Waals surface area contributed by atoms with Crippen LogP contribution in [0.25, 0.3) is 11.1 Å². The van der Waals surface area contributed by atoms with E-state index in [0.717, 1.165) is 22.5 Å². The van der Waals surface area contributed by atoms with Gasteiger partial charge in [0.25, 0.3) is 5.22 Å². The Balaban J connectivity index is 1.20. The summed E-state index contributed by atoms with van der Waals surface area (Å²) >= 11 is 1.50. The lowest BCUT2D eigenvalue weighted by atomic mass is 10.1. The summed E-state index contributed by atoms with van der Waals surface area (Å²) in [5.41, 5.74) is 3.80. The van der Waals surface area contributed by atoms with Gasteiger partial charge in [0.15, 0.2) is 5.58 Å². The van der Waals surface area contributed by atoms with Gasteiger partial charge in [-0.15, -0.1) is 0 Å². The van der Waals surface area contributed by atoms with Crippen molar-refractivity contribution in [1.29, 1.82) is 0 Å². The second-order valence-electron chi connectivity index (χ2n) is 6.46. The summed E-state index contributed by atoms with van der Waals surface area (Å²) in [4.78, 5) is 18.4. The summed E-state index contributed by atoms with van der Waals surface area (Å²) < 4.78 is 7.67. The number of aromatic nitrogens is 3. The summed E-state index contributed by atoms with van der Waals surface area (Å²) in [5.74, 6) is 0.716. The van der Waals surface area contributed by atoms with Crippen molar-refractivity contribution >= 4 is 28.9 Å². The molecular formula is C18H21N5O2S. The molecule has 0 atom stereocenters. The van der Waals surface area contributed by atoms with Crippen LogP contribution in [0.1, 0.15) is 17.4 Å². The van der Waals surface area contributed by atoms with Crippen molar-refractivity contribution < 1.29 is 9.21 Å². The quantitative estimate of drug-likeness (QED) is 0.551. The Kier molecular flexibility index (Phi) is 4.58. The maximum absolute atomic E-state index is 12.2. The fourth-order valence-corrected chi connectivity index (χ4v) is 3.80. The third kappa shape index (κ3) is 3.41. The SMILES string of the molecule is Cc1cc(C)n(C2CN(C(=O)NCCSc3nc4ccccc4o3)C2)n1. The van der Waals surface area contributed by atoms with Crippen LogP contribution in [0.5, 0.6) is 0 Å². The number of hydrogen-bond acceptors (Lipinski definition) is 5. The van der Waals surface area contributed by atoms with Crippen LogP contribution in [0.3, 0.4) is 0 Å². The minimum absolute atomic E-state index is 0.0269. The fraction of sp³-hybridized carbons (Fsp3) is 0.389. The van der Waals surface area contributed by atoms with E-state index in [1.54, 1.807) is 0 Å². The highest BCUT2D eigenvalue weighted by molar-refractivity contribution is 7.99. The van der Waals surface area contributed by atoms with Crippen LogP contribution in [0.15, 0.2) is 40.0 Å². The number of amides is 2. The molecule has 2 amide bonds. The highest BCUT2D eigenvalue weighted by atomic mass is 32.2. The summed E-state index contributed by atoms with van der Waals surface area (Å²) in [5, 5.41) is 8.07. The molecule has 0 spiro atoms. The van der Waals surface area contributed by atoms with Crippen molar-refractivity contribution in [2.24, 2.45) is 0 Å². The Morgan fingerprint density at radius 1 is 1.35 bits per heavy atom. The number of carbonyl (C=O) groups excluding carboxylic acids is 1. The van der Waals surface area contributed by atoms with Crippen molar-refractivity contribution in [2.45, 2.75) is 25.1 Å². The van der Waals surface area contributed by atoms with Crippen molar-refractivity contribution in [3.63, 3.8) is 0 Å². The number of aryl methyl sites for hydroxylation is 2. The Hall–Kier alpha value is -2.48. The zero-order valence-corrected chi connectivity index (χ0v) is 15.6. The van der Waals surface area contributed by atoms with Crippen LogP contribution in [0, 0.1) is 13.8 Å². The number of para-hydroxylation sites is 2. The smallest absolute Gasteiger partial charge is 0.317 e. The van der Waals surface area contributed by atoms with E-state index in [9.17, 15) is 4.79 Å². The van der Waals surface area contributed by atoms with E-state index < -0.39 is 0 Å². The van der Waals surface area contributed by atoms with E-state index in [4.69, 9.17) is 4.42 Å². The van der Waals surface area contributed by atoms with Crippen LogP contribution in [0.2, 0.25) is 0 Å². The van der Waals surface area contributed by atoms with Gasteiger partial charge in [-0.2, -0.15) is 5.10 Å². The van der Waals surface area contributed by atoms with Gasteiger partial charge in [0.05, 0.1) is 11.7 Å². The van der Waals surface area contributed by atoms with E-state index in [1.807, 2.05) is 47.7 Å². The molecule has 0 saturated carbocycles. The van der Waals surface area contributed by atoms with Gasteiger partial charge in [0.2, 0.25) is 0 Å². The third-order valence-electron chi connectivity index (χ3n) is 4.42. The molecule has 1 aliphatic heterocycles. The fourth-order valence-electron chi connectivity index (χ4n) is 3.11. The second kappa shape index (κ2) is 7.03. The molecule has 3 heterocycles. The van der Waals surface area contributed by atoms with Crippen molar-refractivity contribution in [2.75, 3.05) is 25.4 Å². The van der Waals surface area contributed by atoms with Gasteiger partial charge in [0, 0.05) is 31.1 Å². The van der Waals surface area contributed by atoms with Gasteiger partial charge in [0.1, 0.15) is 5.52 Å². The lowest BCUT2D eigenvalue weighted by Gasteiger charge is -2.39. The number of thioether (sulfide) groups is 1. The van der Waals surface area contributed by atoms with E-state index in [1.165, 1.54) is 11.8 Å². The molecule has 1 N–H and O–H groups in total. The number of likely N-dealkylation sites (tertiary alicyclic amines) is 1. The first kappa shape index (κ1) is 17.0. The van der Waals surface area contributed by atoms with Gasteiger partial charge in [-0.05, 0) is 32.0 Å². The highest BCUT2D eigenvalue weighted by Gasteiger charge is 2.33. The number of carbonyl (C=O) groups is 1. The average molecular weight is 371 g/mol. The predicted molar refractivity (Wildman–Crippen MR) is 100 cm³/mol. The summed E-state index contributed by atoms with van der Waals surface area (Å²) in [6.45, 7) is 6.01. The van der Waals surface area contributed by atoms with E-state index in [-0.39, 0.29) is 12.1 Å². The lowest BCUT2D eigenvalue weighted by molar-refractivity contribution is 0.117. The maximum Gasteiger partial charge on any atom is 0.317 e. The molecule has 0 unspecified atom stereocenters. The summed E-state index contributed by atoms with van der Waals surface area (Å²) in [6.07, 6.45) is 0. The monoisotopic (exact) mass is 371 g/mol. The Morgan fingerprint density at radius 3 is 2.88 bits per heavy atom.